The van der Waals surface area contributed by atoms with Gasteiger partial charge in [-0.25, -0.2) is 22.4 Å². The van der Waals surface area contributed by atoms with Crippen molar-refractivity contribution in [3.05, 3.63) is 70.8 Å². The molecular formula is C31H34F4O4. The molecular weight excluding hydrogens is 512 g/mol. The molecule has 0 aromatic heterocycles. The number of rotatable bonds is 8. The fourth-order valence-corrected chi connectivity index (χ4v) is 6.18. The molecule has 0 bridgehead atoms. The summed E-state index contributed by atoms with van der Waals surface area (Å²) in [6.07, 6.45) is 3.31. The van der Waals surface area contributed by atoms with E-state index in [4.69, 9.17) is 9.47 Å². The minimum Gasteiger partial charge on any atom is -0.451 e. The van der Waals surface area contributed by atoms with Gasteiger partial charge in [-0.3, -0.25) is 0 Å². The third-order valence-electron chi connectivity index (χ3n) is 8.56. The van der Waals surface area contributed by atoms with Crippen molar-refractivity contribution in [1.29, 1.82) is 0 Å². The summed E-state index contributed by atoms with van der Waals surface area (Å²) in [5.74, 6) is -4.92. The molecule has 2 aromatic rings. The standard InChI is InChI=1S/C31H34F4O4/c1-2-3-24(36)19-8-4-17(5-9-19)22-14-15-25(30(35)28(22)33)39-31(37)20-10-6-18(7-11-20)21-12-13-23(26-16-38-26)29(34)27(21)32/h6-7,10-13,17,19,22,24-26,36H,2-5,8-9,14-16H2,1H3. The molecule has 2 aliphatic carbocycles. The second-order valence-corrected chi connectivity index (χ2v) is 11.0. The van der Waals surface area contributed by atoms with Gasteiger partial charge in [0.05, 0.1) is 18.3 Å². The van der Waals surface area contributed by atoms with Crippen molar-refractivity contribution in [2.45, 2.75) is 76.6 Å². The van der Waals surface area contributed by atoms with Crippen molar-refractivity contribution in [2.75, 3.05) is 6.61 Å². The molecule has 1 saturated carbocycles. The van der Waals surface area contributed by atoms with Gasteiger partial charge in [-0.1, -0.05) is 37.6 Å². The van der Waals surface area contributed by atoms with E-state index in [1.165, 1.54) is 36.4 Å². The highest BCUT2D eigenvalue weighted by atomic mass is 19.2. The van der Waals surface area contributed by atoms with E-state index in [0.29, 0.717) is 18.6 Å². The van der Waals surface area contributed by atoms with Crippen LogP contribution in [0.1, 0.15) is 80.3 Å². The highest BCUT2D eigenvalue weighted by molar-refractivity contribution is 5.90. The van der Waals surface area contributed by atoms with Gasteiger partial charge in [0.15, 0.2) is 23.6 Å². The summed E-state index contributed by atoms with van der Waals surface area (Å²) < 4.78 is 69.4. The van der Waals surface area contributed by atoms with Gasteiger partial charge in [-0.2, -0.15) is 0 Å². The Balaban J connectivity index is 1.20. The van der Waals surface area contributed by atoms with Crippen LogP contribution < -0.4 is 0 Å². The van der Waals surface area contributed by atoms with Gasteiger partial charge in [0.1, 0.15) is 11.9 Å². The predicted molar refractivity (Wildman–Crippen MR) is 138 cm³/mol. The quantitative estimate of drug-likeness (QED) is 0.209. The van der Waals surface area contributed by atoms with Crippen LogP contribution in [0.15, 0.2) is 48.1 Å². The van der Waals surface area contributed by atoms with Gasteiger partial charge in [-0.15, -0.1) is 0 Å². The van der Waals surface area contributed by atoms with Gasteiger partial charge < -0.3 is 14.6 Å². The average molecular weight is 547 g/mol. The largest absolute Gasteiger partial charge is 0.451 e. The van der Waals surface area contributed by atoms with Crippen LogP contribution >= 0.6 is 0 Å². The molecule has 1 aliphatic heterocycles. The van der Waals surface area contributed by atoms with Crippen molar-refractivity contribution in [2.24, 2.45) is 17.8 Å². The molecule has 0 spiro atoms. The van der Waals surface area contributed by atoms with Gasteiger partial charge in [0, 0.05) is 17.0 Å². The number of esters is 1. The minimum atomic E-state index is -1.29. The zero-order valence-corrected chi connectivity index (χ0v) is 22.0. The first-order valence-electron chi connectivity index (χ1n) is 13.9. The normalized spacial score (nSPS) is 27.8. The molecule has 2 aromatic carbocycles. The Kier molecular flexibility index (Phi) is 8.43. The first-order valence-corrected chi connectivity index (χ1v) is 13.9. The molecule has 1 saturated heterocycles. The molecule has 1 N–H and O–H groups in total. The number of epoxide rings is 1. The summed E-state index contributed by atoms with van der Waals surface area (Å²) in [6.45, 7) is 2.39. The fourth-order valence-electron chi connectivity index (χ4n) is 6.18. The van der Waals surface area contributed by atoms with Crippen LogP contribution in [0.2, 0.25) is 0 Å². The Hall–Kier alpha value is -2.71. The van der Waals surface area contributed by atoms with Crippen LogP contribution in [0.4, 0.5) is 17.6 Å². The molecule has 5 rings (SSSR count). The van der Waals surface area contributed by atoms with Crippen LogP contribution in [-0.2, 0) is 9.47 Å². The van der Waals surface area contributed by atoms with Crippen molar-refractivity contribution in [3.63, 3.8) is 0 Å². The number of carbonyl (C=O) groups excluding carboxylic acids is 1. The molecule has 3 aliphatic rings. The Morgan fingerprint density at radius 2 is 1.64 bits per heavy atom. The van der Waals surface area contributed by atoms with E-state index in [0.717, 1.165) is 38.5 Å². The highest BCUT2D eigenvalue weighted by Gasteiger charge is 2.39. The van der Waals surface area contributed by atoms with Crippen LogP contribution in [0.3, 0.4) is 0 Å². The van der Waals surface area contributed by atoms with Crippen molar-refractivity contribution in [3.8, 4) is 11.1 Å². The lowest BCUT2D eigenvalue weighted by molar-refractivity contribution is 0.0212. The number of aliphatic hydroxyl groups excluding tert-OH is 1. The number of benzene rings is 2. The van der Waals surface area contributed by atoms with Gasteiger partial charge in [0.2, 0.25) is 0 Å². The van der Waals surface area contributed by atoms with E-state index in [1.54, 1.807) is 0 Å². The molecule has 0 amide bonds. The number of hydrogen-bond donors (Lipinski definition) is 1. The maximum Gasteiger partial charge on any atom is 0.338 e. The van der Waals surface area contributed by atoms with E-state index in [1.807, 2.05) is 6.92 Å². The van der Waals surface area contributed by atoms with Crippen molar-refractivity contribution < 1.29 is 36.9 Å². The first-order chi connectivity index (χ1) is 18.8. The topological polar surface area (TPSA) is 59.1 Å². The van der Waals surface area contributed by atoms with E-state index >= 15 is 4.39 Å². The number of halogens is 4. The number of hydrogen-bond acceptors (Lipinski definition) is 4. The second-order valence-electron chi connectivity index (χ2n) is 11.0. The maximum atomic E-state index is 15.1. The lowest BCUT2D eigenvalue weighted by atomic mass is 9.70. The maximum absolute atomic E-state index is 15.1. The monoisotopic (exact) mass is 546 g/mol. The summed E-state index contributed by atoms with van der Waals surface area (Å²) in [5.41, 5.74) is 0.676. The summed E-state index contributed by atoms with van der Waals surface area (Å²) in [4.78, 5) is 12.7. The molecule has 2 fully saturated rings. The number of aliphatic hydroxyl groups is 1. The molecule has 210 valence electrons. The minimum absolute atomic E-state index is 0.0149. The summed E-state index contributed by atoms with van der Waals surface area (Å²) >= 11 is 0. The third kappa shape index (κ3) is 5.92. The average Bonchev–Trinajstić information content (AvgIpc) is 3.79. The molecule has 8 heteroatoms. The number of carbonyl (C=O) groups is 1. The van der Waals surface area contributed by atoms with Crippen molar-refractivity contribution in [1.82, 2.24) is 0 Å². The van der Waals surface area contributed by atoms with E-state index in [9.17, 15) is 23.1 Å². The molecule has 0 radical (unpaired) electrons. The summed E-state index contributed by atoms with van der Waals surface area (Å²) in [7, 11) is 0. The number of allylic oxidation sites excluding steroid dienone is 1. The van der Waals surface area contributed by atoms with E-state index in [-0.39, 0.29) is 41.1 Å². The molecule has 39 heavy (non-hydrogen) atoms. The zero-order valence-electron chi connectivity index (χ0n) is 22.0. The molecule has 4 nitrogen and oxygen atoms in total. The molecule has 4 atom stereocenters. The van der Waals surface area contributed by atoms with Crippen LogP contribution in [-0.4, -0.2) is 29.9 Å². The predicted octanol–water partition coefficient (Wildman–Crippen LogP) is 7.76. The molecule has 4 unspecified atom stereocenters. The Labute approximate surface area is 226 Å². The molecule has 1 heterocycles. The van der Waals surface area contributed by atoms with Gasteiger partial charge >= 0.3 is 5.97 Å². The van der Waals surface area contributed by atoms with Gasteiger partial charge in [0.25, 0.3) is 0 Å². The summed E-state index contributed by atoms with van der Waals surface area (Å²) in [5, 5.41) is 10.3. The van der Waals surface area contributed by atoms with E-state index < -0.39 is 47.4 Å². The van der Waals surface area contributed by atoms with Crippen molar-refractivity contribution >= 4 is 5.97 Å². The second kappa shape index (κ2) is 11.8. The SMILES string of the molecule is CCCC(O)C1CCC(C2CCC(OC(=O)c3ccc(-c4ccc(C5CO5)c(F)c4F)cc3)C(F)=C2F)CC1. The number of ether oxygens (including phenoxy) is 2. The highest BCUT2D eigenvalue weighted by Crippen LogP contribution is 2.45. The Bertz CT molecular complexity index is 1220. The smallest absolute Gasteiger partial charge is 0.338 e. The van der Waals surface area contributed by atoms with Crippen LogP contribution in [0.5, 0.6) is 0 Å². The lowest BCUT2D eigenvalue weighted by Crippen LogP contribution is -2.32. The van der Waals surface area contributed by atoms with E-state index in [2.05, 4.69) is 0 Å². The summed E-state index contributed by atoms with van der Waals surface area (Å²) in [6, 6.07) is 8.64. The third-order valence-corrected chi connectivity index (χ3v) is 8.56. The lowest BCUT2D eigenvalue weighted by Gasteiger charge is -2.37. The Morgan fingerprint density at radius 1 is 0.949 bits per heavy atom. The first kappa shape index (κ1) is 27.8. The Morgan fingerprint density at radius 3 is 2.28 bits per heavy atom. The van der Waals surface area contributed by atoms with Gasteiger partial charge in [-0.05, 0) is 74.5 Å². The fraction of sp³-hybridized carbons (Fsp3) is 0.516. The van der Waals surface area contributed by atoms with Crippen LogP contribution in [0, 0.1) is 29.4 Å². The van der Waals surface area contributed by atoms with Crippen LogP contribution in [0.25, 0.3) is 11.1 Å². The zero-order chi connectivity index (χ0) is 27.7.